The van der Waals surface area contributed by atoms with Gasteiger partial charge in [-0.1, -0.05) is 12.1 Å². The van der Waals surface area contributed by atoms with Crippen molar-refractivity contribution in [3.63, 3.8) is 0 Å². The van der Waals surface area contributed by atoms with Crippen LogP contribution in [-0.2, 0) is 11.2 Å². The van der Waals surface area contributed by atoms with E-state index in [0.717, 1.165) is 5.56 Å². The molecule has 4 nitrogen and oxygen atoms in total. The number of rotatable bonds is 3. The van der Waals surface area contributed by atoms with Gasteiger partial charge in [-0.25, -0.2) is 0 Å². The number of carbonyl (C=O) groups is 1. The van der Waals surface area contributed by atoms with Gasteiger partial charge in [0.15, 0.2) is 0 Å². The number of hydrogen-bond donors (Lipinski definition) is 2. The van der Waals surface area contributed by atoms with Gasteiger partial charge in [-0.05, 0) is 31.5 Å². The molecule has 1 aromatic rings. The first kappa shape index (κ1) is 12.2. The summed E-state index contributed by atoms with van der Waals surface area (Å²) in [6.07, 6.45) is 0.347. The lowest BCUT2D eigenvalue weighted by Crippen LogP contribution is -2.36. The highest BCUT2D eigenvalue weighted by Gasteiger charge is 2.23. The second-order valence-electron chi connectivity index (χ2n) is 4.04. The number of benzene rings is 1. The number of amides is 1. The van der Waals surface area contributed by atoms with E-state index in [9.17, 15) is 9.90 Å². The molecule has 1 rings (SSSR count). The number of carbonyl (C=O) groups excluding carboxylic acids is 1. The van der Waals surface area contributed by atoms with E-state index in [0.29, 0.717) is 12.1 Å². The van der Waals surface area contributed by atoms with Crippen LogP contribution >= 0.6 is 0 Å². The Labute approximate surface area is 94.5 Å². The molecule has 0 atom stereocenters. The van der Waals surface area contributed by atoms with Gasteiger partial charge in [0.05, 0.1) is 12.5 Å². The van der Waals surface area contributed by atoms with Crippen LogP contribution in [0.4, 0.5) is 5.69 Å². The molecule has 0 aromatic heterocycles. The van der Waals surface area contributed by atoms with Crippen molar-refractivity contribution in [1.82, 2.24) is 0 Å². The van der Waals surface area contributed by atoms with Crippen LogP contribution in [0.2, 0.25) is 0 Å². The minimum absolute atomic E-state index is 0.347. The molecule has 0 saturated carbocycles. The van der Waals surface area contributed by atoms with E-state index in [-0.39, 0.29) is 0 Å². The Morgan fingerprint density at radius 3 is 2.44 bits per heavy atom. The van der Waals surface area contributed by atoms with E-state index in [4.69, 9.17) is 5.26 Å². The van der Waals surface area contributed by atoms with Gasteiger partial charge >= 0.3 is 0 Å². The predicted molar refractivity (Wildman–Crippen MR) is 60.7 cm³/mol. The Bertz CT molecular complexity index is 410. The van der Waals surface area contributed by atoms with Gasteiger partial charge in [-0.2, -0.15) is 5.26 Å². The second-order valence-corrected chi connectivity index (χ2v) is 4.04. The third kappa shape index (κ3) is 3.37. The van der Waals surface area contributed by atoms with Crippen LogP contribution in [0.1, 0.15) is 19.4 Å². The molecule has 1 amide bonds. The largest absolute Gasteiger partial charge is 0.381 e. The SMILES string of the molecule is CC(C)(O)C(=O)Nc1ccc(CC#N)cc1. The fraction of sp³-hybridized carbons (Fsp3) is 0.333. The average Bonchev–Trinajstić information content (AvgIpc) is 2.20. The Morgan fingerprint density at radius 2 is 2.00 bits per heavy atom. The molecule has 84 valence electrons. The Kier molecular flexibility index (Phi) is 3.64. The van der Waals surface area contributed by atoms with E-state index in [2.05, 4.69) is 5.32 Å². The molecule has 0 saturated heterocycles. The van der Waals surface area contributed by atoms with Gasteiger partial charge in [0, 0.05) is 5.69 Å². The topological polar surface area (TPSA) is 73.1 Å². The smallest absolute Gasteiger partial charge is 0.255 e. The highest BCUT2D eigenvalue weighted by Crippen LogP contribution is 2.12. The lowest BCUT2D eigenvalue weighted by Gasteiger charge is -2.16. The first-order chi connectivity index (χ1) is 7.43. The summed E-state index contributed by atoms with van der Waals surface area (Å²) in [5, 5.41) is 20.5. The van der Waals surface area contributed by atoms with E-state index >= 15 is 0 Å². The minimum Gasteiger partial charge on any atom is -0.381 e. The zero-order valence-electron chi connectivity index (χ0n) is 9.32. The summed E-state index contributed by atoms with van der Waals surface area (Å²) in [6, 6.07) is 8.98. The van der Waals surface area contributed by atoms with Crippen LogP contribution in [0, 0.1) is 11.3 Å². The zero-order valence-corrected chi connectivity index (χ0v) is 9.32. The van der Waals surface area contributed by atoms with Crippen molar-refractivity contribution in [2.45, 2.75) is 25.9 Å². The number of anilines is 1. The van der Waals surface area contributed by atoms with E-state index < -0.39 is 11.5 Å². The summed E-state index contributed by atoms with van der Waals surface area (Å²) in [5.41, 5.74) is 0.100. The molecule has 0 aliphatic heterocycles. The van der Waals surface area contributed by atoms with Gasteiger partial charge in [0.25, 0.3) is 5.91 Å². The van der Waals surface area contributed by atoms with Crippen molar-refractivity contribution in [3.05, 3.63) is 29.8 Å². The molecular formula is C12H14N2O2. The molecule has 0 radical (unpaired) electrons. The quantitative estimate of drug-likeness (QED) is 0.806. The third-order valence-electron chi connectivity index (χ3n) is 2.05. The normalized spacial score (nSPS) is 10.6. The molecule has 4 heteroatoms. The number of aliphatic hydroxyl groups is 1. The Morgan fingerprint density at radius 1 is 1.44 bits per heavy atom. The third-order valence-corrected chi connectivity index (χ3v) is 2.05. The van der Waals surface area contributed by atoms with E-state index in [1.165, 1.54) is 13.8 Å². The summed E-state index contributed by atoms with van der Waals surface area (Å²) in [4.78, 5) is 11.4. The maximum atomic E-state index is 11.4. The minimum atomic E-state index is -1.40. The molecule has 0 unspecified atom stereocenters. The fourth-order valence-corrected chi connectivity index (χ4v) is 1.08. The number of hydrogen-bond acceptors (Lipinski definition) is 3. The van der Waals surface area contributed by atoms with Crippen LogP contribution < -0.4 is 5.32 Å². The Balaban J connectivity index is 2.70. The average molecular weight is 218 g/mol. The van der Waals surface area contributed by atoms with Gasteiger partial charge in [0.1, 0.15) is 5.60 Å². The van der Waals surface area contributed by atoms with Crippen molar-refractivity contribution in [2.75, 3.05) is 5.32 Å². The standard InChI is InChI=1S/C12H14N2O2/c1-12(2,16)11(15)14-10-5-3-9(4-6-10)7-8-13/h3-6,16H,7H2,1-2H3,(H,14,15). The van der Waals surface area contributed by atoms with Crippen LogP contribution in [0.15, 0.2) is 24.3 Å². The molecule has 0 bridgehead atoms. The number of nitrogens with one attached hydrogen (secondary N) is 1. The predicted octanol–water partition coefficient (Wildman–Crippen LogP) is 1.46. The van der Waals surface area contributed by atoms with Crippen molar-refractivity contribution in [3.8, 4) is 6.07 Å². The first-order valence-corrected chi connectivity index (χ1v) is 4.93. The summed E-state index contributed by atoms with van der Waals surface area (Å²) in [7, 11) is 0. The monoisotopic (exact) mass is 218 g/mol. The molecule has 0 aliphatic carbocycles. The lowest BCUT2D eigenvalue weighted by atomic mass is 10.1. The summed E-state index contributed by atoms with van der Waals surface area (Å²) in [5.74, 6) is -0.458. The van der Waals surface area contributed by atoms with Crippen molar-refractivity contribution < 1.29 is 9.90 Å². The highest BCUT2D eigenvalue weighted by molar-refractivity contribution is 5.96. The maximum absolute atomic E-state index is 11.4. The maximum Gasteiger partial charge on any atom is 0.255 e. The van der Waals surface area contributed by atoms with Gasteiger partial charge in [0.2, 0.25) is 0 Å². The molecule has 0 spiro atoms. The molecular weight excluding hydrogens is 204 g/mol. The van der Waals surface area contributed by atoms with Crippen molar-refractivity contribution >= 4 is 11.6 Å². The van der Waals surface area contributed by atoms with Crippen molar-refractivity contribution in [1.29, 1.82) is 5.26 Å². The molecule has 1 aromatic carbocycles. The molecule has 0 aliphatic rings. The summed E-state index contributed by atoms with van der Waals surface area (Å²) >= 11 is 0. The van der Waals surface area contributed by atoms with Crippen LogP contribution in [0.3, 0.4) is 0 Å². The fourth-order valence-electron chi connectivity index (χ4n) is 1.08. The van der Waals surface area contributed by atoms with Gasteiger partial charge < -0.3 is 10.4 Å². The Hall–Kier alpha value is -1.86. The van der Waals surface area contributed by atoms with Crippen molar-refractivity contribution in [2.24, 2.45) is 0 Å². The molecule has 2 N–H and O–H groups in total. The van der Waals surface area contributed by atoms with Gasteiger partial charge in [-0.3, -0.25) is 4.79 Å². The molecule has 16 heavy (non-hydrogen) atoms. The first-order valence-electron chi connectivity index (χ1n) is 4.93. The van der Waals surface area contributed by atoms with E-state index in [1.807, 2.05) is 6.07 Å². The summed E-state index contributed by atoms with van der Waals surface area (Å²) in [6.45, 7) is 2.85. The highest BCUT2D eigenvalue weighted by atomic mass is 16.3. The molecule has 0 heterocycles. The second kappa shape index (κ2) is 4.77. The summed E-state index contributed by atoms with van der Waals surface area (Å²) < 4.78 is 0. The van der Waals surface area contributed by atoms with Crippen LogP contribution in [0.5, 0.6) is 0 Å². The number of nitrogens with zero attached hydrogens (tertiary/aromatic N) is 1. The zero-order chi connectivity index (χ0) is 12.2. The van der Waals surface area contributed by atoms with Gasteiger partial charge in [-0.15, -0.1) is 0 Å². The van der Waals surface area contributed by atoms with Crippen LogP contribution in [0.25, 0.3) is 0 Å². The lowest BCUT2D eigenvalue weighted by molar-refractivity contribution is -0.130. The number of nitriles is 1. The molecule has 0 fully saturated rings. The van der Waals surface area contributed by atoms with Crippen LogP contribution in [-0.4, -0.2) is 16.6 Å². The van der Waals surface area contributed by atoms with E-state index in [1.54, 1.807) is 24.3 Å².